The maximum absolute atomic E-state index is 6.00. The van der Waals surface area contributed by atoms with Crippen molar-refractivity contribution in [3.05, 3.63) is 34.9 Å². The van der Waals surface area contributed by atoms with Crippen molar-refractivity contribution in [1.82, 2.24) is 5.32 Å². The fraction of sp³-hybridized carbons (Fsp3) is 0.571. The summed E-state index contributed by atoms with van der Waals surface area (Å²) < 4.78 is 0. The summed E-state index contributed by atoms with van der Waals surface area (Å²) in [5, 5.41) is 4.48. The number of rotatable bonds is 4. The Hall–Kier alpha value is -0.530. The summed E-state index contributed by atoms with van der Waals surface area (Å²) in [6.07, 6.45) is 2.70. The average molecular weight is 238 g/mol. The Morgan fingerprint density at radius 2 is 2.00 bits per heavy atom. The summed E-state index contributed by atoms with van der Waals surface area (Å²) in [6.45, 7) is 6.84. The highest BCUT2D eigenvalue weighted by atomic mass is 35.5. The molecule has 1 N–H and O–H groups in total. The summed E-state index contributed by atoms with van der Waals surface area (Å²) in [4.78, 5) is 0. The number of halogens is 1. The van der Waals surface area contributed by atoms with Gasteiger partial charge in [-0.1, -0.05) is 30.7 Å². The van der Waals surface area contributed by atoms with E-state index in [4.69, 9.17) is 11.6 Å². The normalized spacial score (nSPS) is 21.5. The maximum Gasteiger partial charge on any atom is 0.0409 e. The van der Waals surface area contributed by atoms with Gasteiger partial charge in [-0.25, -0.2) is 0 Å². The molecule has 2 heteroatoms. The Kier molecular flexibility index (Phi) is 3.27. The second-order valence-corrected chi connectivity index (χ2v) is 5.76. The van der Waals surface area contributed by atoms with Crippen molar-refractivity contribution < 1.29 is 0 Å². The van der Waals surface area contributed by atoms with Crippen LogP contribution in [-0.2, 0) is 0 Å². The number of benzene rings is 1. The molecule has 0 aromatic heterocycles. The van der Waals surface area contributed by atoms with Crippen molar-refractivity contribution in [2.24, 2.45) is 5.41 Å². The highest BCUT2D eigenvalue weighted by Crippen LogP contribution is 2.48. The molecule has 1 saturated carbocycles. The predicted octanol–water partition coefficient (Wildman–Crippen LogP) is 4.18. The van der Waals surface area contributed by atoms with Gasteiger partial charge in [0.15, 0.2) is 0 Å². The van der Waals surface area contributed by atoms with E-state index in [1.807, 2.05) is 18.2 Å². The zero-order chi connectivity index (χ0) is 11.8. The van der Waals surface area contributed by atoms with Crippen molar-refractivity contribution in [3.63, 3.8) is 0 Å². The molecule has 1 fully saturated rings. The second kappa shape index (κ2) is 4.38. The third kappa shape index (κ3) is 2.58. The number of hydrogen-bond acceptors (Lipinski definition) is 1. The standard InChI is InChI=1S/C14H20ClN/c1-10(12-5-4-6-13(15)9-12)16-11(2)14(3)7-8-14/h4-6,9-11,16H,7-8H2,1-3H3/t10-,11?/m1/s1. The minimum atomic E-state index is 0.367. The third-order valence-electron chi connectivity index (χ3n) is 3.93. The highest BCUT2D eigenvalue weighted by molar-refractivity contribution is 6.30. The molecule has 2 atom stereocenters. The summed E-state index contributed by atoms with van der Waals surface area (Å²) in [5.41, 5.74) is 1.79. The zero-order valence-corrected chi connectivity index (χ0v) is 11.0. The van der Waals surface area contributed by atoms with E-state index < -0.39 is 0 Å². The van der Waals surface area contributed by atoms with Crippen LogP contribution >= 0.6 is 11.6 Å². The SMILES string of the molecule is CC(N[C@H](C)c1cccc(Cl)c1)C1(C)CC1. The molecule has 0 amide bonds. The molecular weight excluding hydrogens is 218 g/mol. The zero-order valence-electron chi connectivity index (χ0n) is 10.3. The topological polar surface area (TPSA) is 12.0 Å². The molecule has 1 aromatic rings. The fourth-order valence-electron chi connectivity index (χ4n) is 2.08. The van der Waals surface area contributed by atoms with Gasteiger partial charge >= 0.3 is 0 Å². The first-order valence-corrected chi connectivity index (χ1v) is 6.40. The van der Waals surface area contributed by atoms with Crippen LogP contribution in [0.1, 0.15) is 45.2 Å². The van der Waals surface area contributed by atoms with Gasteiger partial charge in [0.25, 0.3) is 0 Å². The van der Waals surface area contributed by atoms with Gasteiger partial charge in [-0.3, -0.25) is 0 Å². The molecule has 88 valence electrons. The molecule has 0 spiro atoms. The Morgan fingerprint density at radius 3 is 2.56 bits per heavy atom. The maximum atomic E-state index is 6.00. The summed E-state index contributed by atoms with van der Waals surface area (Å²) in [7, 11) is 0. The third-order valence-corrected chi connectivity index (χ3v) is 4.17. The van der Waals surface area contributed by atoms with Gasteiger partial charge in [-0.05, 0) is 49.8 Å². The van der Waals surface area contributed by atoms with Crippen LogP contribution in [0.3, 0.4) is 0 Å². The van der Waals surface area contributed by atoms with E-state index in [1.165, 1.54) is 18.4 Å². The molecule has 16 heavy (non-hydrogen) atoms. The largest absolute Gasteiger partial charge is 0.307 e. The molecular formula is C14H20ClN. The van der Waals surface area contributed by atoms with Crippen molar-refractivity contribution in [2.45, 2.75) is 45.7 Å². The molecule has 2 rings (SSSR count). The molecule has 0 radical (unpaired) electrons. The van der Waals surface area contributed by atoms with Crippen molar-refractivity contribution in [3.8, 4) is 0 Å². The van der Waals surface area contributed by atoms with Gasteiger partial charge in [-0.2, -0.15) is 0 Å². The van der Waals surface area contributed by atoms with Gasteiger partial charge in [0, 0.05) is 17.1 Å². The quantitative estimate of drug-likeness (QED) is 0.829. The first-order valence-electron chi connectivity index (χ1n) is 6.03. The van der Waals surface area contributed by atoms with Gasteiger partial charge in [0.2, 0.25) is 0 Å². The number of nitrogens with one attached hydrogen (secondary N) is 1. The van der Waals surface area contributed by atoms with Gasteiger partial charge in [0.1, 0.15) is 0 Å². The van der Waals surface area contributed by atoms with E-state index in [2.05, 4.69) is 32.2 Å². The van der Waals surface area contributed by atoms with Gasteiger partial charge < -0.3 is 5.32 Å². The predicted molar refractivity (Wildman–Crippen MR) is 69.8 cm³/mol. The lowest BCUT2D eigenvalue weighted by atomic mass is 9.98. The van der Waals surface area contributed by atoms with Crippen LogP contribution in [0.15, 0.2) is 24.3 Å². The van der Waals surface area contributed by atoms with Crippen LogP contribution in [-0.4, -0.2) is 6.04 Å². The van der Waals surface area contributed by atoms with Crippen LogP contribution in [0.25, 0.3) is 0 Å². The molecule has 0 bridgehead atoms. The summed E-state index contributed by atoms with van der Waals surface area (Å²) in [6, 6.07) is 9.04. The van der Waals surface area contributed by atoms with Crippen LogP contribution in [0, 0.1) is 5.41 Å². The minimum Gasteiger partial charge on any atom is -0.307 e. The van der Waals surface area contributed by atoms with Crippen LogP contribution < -0.4 is 5.32 Å². The monoisotopic (exact) mass is 237 g/mol. The molecule has 1 nitrogen and oxygen atoms in total. The average Bonchev–Trinajstić information content (AvgIpc) is 2.98. The minimum absolute atomic E-state index is 0.367. The van der Waals surface area contributed by atoms with Crippen LogP contribution in [0.2, 0.25) is 5.02 Å². The first kappa shape index (κ1) is 11.9. The fourth-order valence-corrected chi connectivity index (χ4v) is 2.28. The van der Waals surface area contributed by atoms with E-state index in [0.717, 1.165) is 5.02 Å². The van der Waals surface area contributed by atoms with E-state index in [9.17, 15) is 0 Å². The van der Waals surface area contributed by atoms with E-state index in [-0.39, 0.29) is 0 Å². The Balaban J connectivity index is 2.00. The number of hydrogen-bond donors (Lipinski definition) is 1. The summed E-state index contributed by atoms with van der Waals surface area (Å²) >= 11 is 6.00. The van der Waals surface area contributed by atoms with E-state index in [1.54, 1.807) is 0 Å². The van der Waals surface area contributed by atoms with Crippen molar-refractivity contribution in [2.75, 3.05) is 0 Å². The molecule has 0 aliphatic heterocycles. The lowest BCUT2D eigenvalue weighted by Gasteiger charge is -2.25. The van der Waals surface area contributed by atoms with Crippen LogP contribution in [0.5, 0.6) is 0 Å². The van der Waals surface area contributed by atoms with Gasteiger partial charge in [-0.15, -0.1) is 0 Å². The molecule has 0 heterocycles. The van der Waals surface area contributed by atoms with Crippen LogP contribution in [0.4, 0.5) is 0 Å². The Bertz CT molecular complexity index is 371. The van der Waals surface area contributed by atoms with E-state index in [0.29, 0.717) is 17.5 Å². The lowest BCUT2D eigenvalue weighted by molar-refractivity contribution is 0.350. The second-order valence-electron chi connectivity index (χ2n) is 5.32. The Labute approximate surface area is 103 Å². The first-order chi connectivity index (χ1) is 7.51. The smallest absolute Gasteiger partial charge is 0.0409 e. The molecule has 0 saturated heterocycles. The Morgan fingerprint density at radius 1 is 1.31 bits per heavy atom. The molecule has 1 aliphatic rings. The summed E-state index contributed by atoms with van der Waals surface area (Å²) in [5.74, 6) is 0. The lowest BCUT2D eigenvalue weighted by Crippen LogP contribution is -2.35. The highest BCUT2D eigenvalue weighted by Gasteiger charge is 2.42. The molecule has 1 aromatic carbocycles. The van der Waals surface area contributed by atoms with E-state index >= 15 is 0 Å². The molecule has 1 aliphatic carbocycles. The molecule has 1 unspecified atom stereocenters. The van der Waals surface area contributed by atoms with Crippen molar-refractivity contribution >= 4 is 11.6 Å². The van der Waals surface area contributed by atoms with Gasteiger partial charge in [0.05, 0.1) is 0 Å². The van der Waals surface area contributed by atoms with Crippen molar-refractivity contribution in [1.29, 1.82) is 0 Å².